The summed E-state index contributed by atoms with van der Waals surface area (Å²) >= 11 is 0. The van der Waals surface area contributed by atoms with Gasteiger partial charge in [0.25, 0.3) is 0 Å². The van der Waals surface area contributed by atoms with E-state index in [0.29, 0.717) is 5.69 Å². The van der Waals surface area contributed by atoms with Crippen molar-refractivity contribution in [1.82, 2.24) is 9.55 Å². The molecule has 1 N–H and O–H groups in total. The maximum atomic E-state index is 10.4. The van der Waals surface area contributed by atoms with Crippen LogP contribution in [0.4, 0.5) is 0 Å². The lowest BCUT2D eigenvalue weighted by Gasteiger charge is -2.27. The van der Waals surface area contributed by atoms with Crippen molar-refractivity contribution < 1.29 is 14.6 Å². The van der Waals surface area contributed by atoms with E-state index in [2.05, 4.69) is 4.98 Å². The Morgan fingerprint density at radius 2 is 2.56 bits per heavy atom. The molecule has 1 aromatic heterocycles. The van der Waals surface area contributed by atoms with Crippen LogP contribution < -0.4 is 0 Å². The molecule has 0 saturated carbocycles. The number of carbonyl (C=O) groups is 1. The number of ether oxygens (including phenoxy) is 1. The Morgan fingerprint density at radius 1 is 1.81 bits per heavy atom. The molecule has 2 heterocycles. The fraction of sp³-hybridized carbons (Fsp3) is 0.455. The number of hydrogen-bond donors (Lipinski definition) is 1. The molecule has 5 nitrogen and oxygen atoms in total. The first-order valence-corrected chi connectivity index (χ1v) is 5.21. The van der Waals surface area contributed by atoms with Crippen molar-refractivity contribution in [3.8, 4) is 0 Å². The zero-order valence-electron chi connectivity index (χ0n) is 9.09. The predicted molar refractivity (Wildman–Crippen MR) is 58.0 cm³/mol. The summed E-state index contributed by atoms with van der Waals surface area (Å²) in [5.41, 5.74) is 1.66. The predicted octanol–water partition coefficient (Wildman–Crippen LogP) is 1.08. The summed E-state index contributed by atoms with van der Waals surface area (Å²) in [4.78, 5) is 14.5. The third-order valence-corrected chi connectivity index (χ3v) is 2.72. The first kappa shape index (κ1) is 10.9. The van der Waals surface area contributed by atoms with E-state index in [1.165, 1.54) is 6.08 Å². The second-order valence-corrected chi connectivity index (χ2v) is 3.82. The minimum Gasteiger partial charge on any atom is -0.478 e. The molecule has 0 radical (unpaired) electrons. The van der Waals surface area contributed by atoms with Crippen molar-refractivity contribution in [1.29, 1.82) is 0 Å². The van der Waals surface area contributed by atoms with Gasteiger partial charge < -0.3 is 14.4 Å². The van der Waals surface area contributed by atoms with Crippen LogP contribution in [0, 0.1) is 6.92 Å². The van der Waals surface area contributed by atoms with Gasteiger partial charge in [-0.15, -0.1) is 0 Å². The van der Waals surface area contributed by atoms with Crippen LogP contribution in [0.2, 0.25) is 0 Å². The largest absolute Gasteiger partial charge is 0.478 e. The lowest BCUT2D eigenvalue weighted by molar-refractivity contribution is -0.131. The highest BCUT2D eigenvalue weighted by Gasteiger charge is 2.19. The molecule has 0 aromatic carbocycles. The van der Waals surface area contributed by atoms with Crippen LogP contribution in [-0.2, 0) is 16.1 Å². The zero-order valence-corrected chi connectivity index (χ0v) is 9.09. The van der Waals surface area contributed by atoms with E-state index in [1.54, 1.807) is 6.33 Å². The molecule has 1 aliphatic rings. The second-order valence-electron chi connectivity index (χ2n) is 3.82. The van der Waals surface area contributed by atoms with Gasteiger partial charge in [-0.1, -0.05) is 0 Å². The van der Waals surface area contributed by atoms with Gasteiger partial charge >= 0.3 is 5.97 Å². The topological polar surface area (TPSA) is 64.3 Å². The van der Waals surface area contributed by atoms with Gasteiger partial charge in [-0.2, -0.15) is 0 Å². The molecule has 1 unspecified atom stereocenters. The molecular formula is C11H14N2O3. The monoisotopic (exact) mass is 222 g/mol. The van der Waals surface area contributed by atoms with Crippen molar-refractivity contribution in [3.05, 3.63) is 23.8 Å². The first-order chi connectivity index (χ1) is 7.66. The van der Waals surface area contributed by atoms with Crippen LogP contribution in [0.1, 0.15) is 17.8 Å². The number of carboxylic acid groups (broad SMARTS) is 1. The molecule has 0 spiro atoms. The van der Waals surface area contributed by atoms with Gasteiger partial charge in [-0.25, -0.2) is 9.78 Å². The number of aromatic nitrogens is 2. The quantitative estimate of drug-likeness (QED) is 0.774. The Bertz CT molecular complexity index is 419. The maximum Gasteiger partial charge on any atom is 0.328 e. The van der Waals surface area contributed by atoms with Crippen LogP contribution in [0.25, 0.3) is 6.08 Å². The van der Waals surface area contributed by atoms with Crippen molar-refractivity contribution in [2.45, 2.75) is 26.0 Å². The summed E-state index contributed by atoms with van der Waals surface area (Å²) in [5.74, 6) is -0.962. The Labute approximate surface area is 93.4 Å². The molecule has 16 heavy (non-hydrogen) atoms. The number of carboxylic acids is 1. The molecule has 1 aromatic rings. The van der Waals surface area contributed by atoms with Crippen LogP contribution in [0.5, 0.6) is 0 Å². The Kier molecular flexibility index (Phi) is 3.05. The Morgan fingerprint density at radius 3 is 3.12 bits per heavy atom. The number of hydrogen-bond acceptors (Lipinski definition) is 3. The van der Waals surface area contributed by atoms with E-state index in [-0.39, 0.29) is 6.10 Å². The van der Waals surface area contributed by atoms with Crippen molar-refractivity contribution in [3.63, 3.8) is 0 Å². The smallest absolute Gasteiger partial charge is 0.328 e. The Balaban J connectivity index is 2.07. The lowest BCUT2D eigenvalue weighted by atomic mass is 10.2. The summed E-state index contributed by atoms with van der Waals surface area (Å²) < 4.78 is 7.33. The number of imidazole rings is 1. The summed E-state index contributed by atoms with van der Waals surface area (Å²) in [6.07, 6.45) is 5.69. The number of rotatable bonds is 4. The van der Waals surface area contributed by atoms with Crippen molar-refractivity contribution in [2.75, 3.05) is 6.61 Å². The van der Waals surface area contributed by atoms with E-state index >= 15 is 0 Å². The van der Waals surface area contributed by atoms with Crippen LogP contribution in [-0.4, -0.2) is 33.3 Å². The first-order valence-electron chi connectivity index (χ1n) is 5.21. The SMILES string of the molecule is Cc1c(/C=C/C(=O)O)ncn1CC1CCO1. The molecule has 1 fully saturated rings. The molecule has 5 heteroatoms. The van der Waals surface area contributed by atoms with Gasteiger partial charge in [0.2, 0.25) is 0 Å². The highest BCUT2D eigenvalue weighted by atomic mass is 16.5. The van der Waals surface area contributed by atoms with Crippen molar-refractivity contribution >= 4 is 12.0 Å². The average Bonchev–Trinajstić information content (AvgIpc) is 2.51. The highest BCUT2D eigenvalue weighted by molar-refractivity contribution is 5.85. The fourth-order valence-electron chi connectivity index (χ4n) is 1.60. The van der Waals surface area contributed by atoms with Gasteiger partial charge in [0.1, 0.15) is 0 Å². The van der Waals surface area contributed by atoms with E-state index < -0.39 is 5.97 Å². The zero-order chi connectivity index (χ0) is 11.5. The van der Waals surface area contributed by atoms with Gasteiger partial charge in [-0.3, -0.25) is 0 Å². The van der Waals surface area contributed by atoms with Gasteiger partial charge in [-0.05, 0) is 19.4 Å². The minimum atomic E-state index is -0.962. The molecule has 0 amide bonds. The van der Waals surface area contributed by atoms with Gasteiger partial charge in [0.15, 0.2) is 0 Å². The molecular weight excluding hydrogens is 208 g/mol. The van der Waals surface area contributed by atoms with Gasteiger partial charge in [0, 0.05) is 18.4 Å². The molecule has 1 saturated heterocycles. The molecule has 1 aliphatic heterocycles. The van der Waals surface area contributed by atoms with E-state index in [0.717, 1.165) is 31.3 Å². The van der Waals surface area contributed by atoms with E-state index in [4.69, 9.17) is 9.84 Å². The third kappa shape index (κ3) is 2.30. The summed E-state index contributed by atoms with van der Waals surface area (Å²) in [6.45, 7) is 3.55. The second kappa shape index (κ2) is 4.49. The van der Waals surface area contributed by atoms with Crippen LogP contribution in [0.3, 0.4) is 0 Å². The fourth-order valence-corrected chi connectivity index (χ4v) is 1.60. The summed E-state index contributed by atoms with van der Waals surface area (Å²) in [6, 6.07) is 0. The number of aliphatic carboxylic acids is 1. The molecule has 1 atom stereocenters. The standard InChI is InChI=1S/C11H14N2O3/c1-8-10(2-3-11(14)15)12-7-13(8)6-9-4-5-16-9/h2-3,7,9H,4-6H2,1H3,(H,14,15)/b3-2+. The van der Waals surface area contributed by atoms with E-state index in [9.17, 15) is 4.79 Å². The molecule has 0 aliphatic carbocycles. The normalized spacial score (nSPS) is 19.9. The average molecular weight is 222 g/mol. The van der Waals surface area contributed by atoms with Crippen LogP contribution in [0.15, 0.2) is 12.4 Å². The molecule has 0 bridgehead atoms. The van der Waals surface area contributed by atoms with Crippen LogP contribution >= 0.6 is 0 Å². The van der Waals surface area contributed by atoms with E-state index in [1.807, 2.05) is 11.5 Å². The molecule has 86 valence electrons. The molecule has 2 rings (SSSR count). The minimum absolute atomic E-state index is 0.282. The Hall–Kier alpha value is -1.62. The maximum absolute atomic E-state index is 10.4. The third-order valence-electron chi connectivity index (χ3n) is 2.72. The summed E-state index contributed by atoms with van der Waals surface area (Å²) in [7, 11) is 0. The lowest BCUT2D eigenvalue weighted by Crippen LogP contribution is -2.31. The summed E-state index contributed by atoms with van der Waals surface area (Å²) in [5, 5.41) is 8.52. The highest BCUT2D eigenvalue weighted by Crippen LogP contribution is 2.16. The van der Waals surface area contributed by atoms with Crippen molar-refractivity contribution in [2.24, 2.45) is 0 Å². The van der Waals surface area contributed by atoms with Gasteiger partial charge in [0.05, 0.1) is 24.7 Å². The number of nitrogens with zero attached hydrogens (tertiary/aromatic N) is 2.